The molecule has 0 aromatic carbocycles. The van der Waals surface area contributed by atoms with Gasteiger partial charge >= 0.3 is 11.9 Å². The standard InChI is InChI=1S/C21H37NO6/c1-2-3-4-5-6-7-8-9-10-11-12-13-14-15-22(16-19(23)24,17-20(25)26)18-21(27)28/h14-15H,2-13,16-18H2,1H3,(H2-,23,24,25,26,27,28)/b15-14+. The number of carboxylic acid groups (broad SMARTS) is 3. The summed E-state index contributed by atoms with van der Waals surface area (Å²) in [7, 11) is 0. The molecule has 0 aliphatic rings. The van der Waals surface area contributed by atoms with Crippen LogP contribution in [0.4, 0.5) is 0 Å². The Bertz CT molecular complexity index is 448. The van der Waals surface area contributed by atoms with Crippen LogP contribution in [0.2, 0.25) is 0 Å². The van der Waals surface area contributed by atoms with Crippen molar-refractivity contribution in [1.82, 2.24) is 0 Å². The van der Waals surface area contributed by atoms with E-state index in [0.29, 0.717) is 6.42 Å². The van der Waals surface area contributed by atoms with Crippen LogP contribution in [0.15, 0.2) is 12.3 Å². The van der Waals surface area contributed by atoms with E-state index in [0.717, 1.165) is 19.3 Å². The topological polar surface area (TPSA) is 115 Å². The Morgan fingerprint density at radius 2 is 1.18 bits per heavy atom. The van der Waals surface area contributed by atoms with Gasteiger partial charge in [-0.15, -0.1) is 0 Å². The fraction of sp³-hybridized carbons (Fsp3) is 0.762. The number of carbonyl (C=O) groups excluding carboxylic acids is 1. The van der Waals surface area contributed by atoms with Crippen molar-refractivity contribution in [2.24, 2.45) is 0 Å². The van der Waals surface area contributed by atoms with E-state index >= 15 is 0 Å². The van der Waals surface area contributed by atoms with Gasteiger partial charge in [-0.3, -0.25) is 4.48 Å². The first-order valence-corrected chi connectivity index (χ1v) is 10.5. The lowest BCUT2D eigenvalue weighted by Crippen LogP contribution is -2.55. The average Bonchev–Trinajstić information content (AvgIpc) is 2.57. The number of allylic oxidation sites excluding steroid dienone is 1. The molecule has 0 radical (unpaired) electrons. The fourth-order valence-corrected chi connectivity index (χ4v) is 3.35. The van der Waals surface area contributed by atoms with E-state index in [9.17, 15) is 19.5 Å². The lowest BCUT2D eigenvalue weighted by Gasteiger charge is -2.32. The van der Waals surface area contributed by atoms with Crippen LogP contribution in [-0.4, -0.2) is 52.2 Å². The highest BCUT2D eigenvalue weighted by Crippen LogP contribution is 2.13. The molecule has 0 fully saturated rings. The lowest BCUT2D eigenvalue weighted by atomic mass is 10.1. The van der Waals surface area contributed by atoms with E-state index in [1.54, 1.807) is 6.08 Å². The van der Waals surface area contributed by atoms with Crippen LogP contribution in [0.3, 0.4) is 0 Å². The van der Waals surface area contributed by atoms with Crippen LogP contribution in [0.25, 0.3) is 0 Å². The molecule has 0 bridgehead atoms. The lowest BCUT2D eigenvalue weighted by molar-refractivity contribution is -0.859. The first-order valence-electron chi connectivity index (χ1n) is 10.5. The van der Waals surface area contributed by atoms with Crippen molar-refractivity contribution in [3.05, 3.63) is 12.3 Å². The maximum absolute atomic E-state index is 11.1. The molecule has 7 nitrogen and oxygen atoms in total. The predicted octanol–water partition coefficient (Wildman–Crippen LogP) is 2.94. The maximum Gasteiger partial charge on any atom is 0.359 e. The molecule has 0 amide bonds. The molecular weight excluding hydrogens is 362 g/mol. The molecule has 0 unspecified atom stereocenters. The van der Waals surface area contributed by atoms with Gasteiger partial charge in [-0.1, -0.05) is 71.1 Å². The molecule has 0 aliphatic heterocycles. The Balaban J connectivity index is 4.16. The minimum absolute atomic E-state index is 0.602. The maximum atomic E-state index is 11.1. The SMILES string of the molecule is CCCCCCCCCCCCC/C=C/[N+](CC(=O)[O-])(CC(=O)O)CC(=O)O. The van der Waals surface area contributed by atoms with Crippen molar-refractivity contribution in [3.8, 4) is 0 Å². The number of hydrogen-bond donors (Lipinski definition) is 2. The van der Waals surface area contributed by atoms with E-state index < -0.39 is 42.0 Å². The number of aliphatic carboxylic acids is 3. The third-order valence-corrected chi connectivity index (χ3v) is 4.74. The Morgan fingerprint density at radius 3 is 1.57 bits per heavy atom. The normalized spacial score (nSPS) is 11.8. The molecule has 0 aromatic heterocycles. The monoisotopic (exact) mass is 399 g/mol. The first kappa shape index (κ1) is 26.1. The molecule has 162 valence electrons. The van der Waals surface area contributed by atoms with Crippen molar-refractivity contribution in [3.63, 3.8) is 0 Å². The van der Waals surface area contributed by atoms with Gasteiger partial charge in [0.1, 0.15) is 6.54 Å². The highest BCUT2D eigenvalue weighted by Gasteiger charge is 2.31. The molecule has 0 atom stereocenters. The van der Waals surface area contributed by atoms with Crippen molar-refractivity contribution < 1.29 is 34.2 Å². The summed E-state index contributed by atoms with van der Waals surface area (Å²) in [5.41, 5.74) is 0. The van der Waals surface area contributed by atoms with Gasteiger partial charge in [0.25, 0.3) is 0 Å². The van der Waals surface area contributed by atoms with E-state index in [1.807, 2.05) is 0 Å². The number of carbonyl (C=O) groups is 3. The summed E-state index contributed by atoms with van der Waals surface area (Å²) < 4.78 is -0.676. The van der Waals surface area contributed by atoms with Crippen molar-refractivity contribution in [2.75, 3.05) is 19.6 Å². The number of rotatable bonds is 19. The Morgan fingerprint density at radius 1 is 0.750 bits per heavy atom. The first-order chi connectivity index (χ1) is 13.3. The van der Waals surface area contributed by atoms with Gasteiger partial charge in [-0.2, -0.15) is 0 Å². The molecule has 0 aromatic rings. The number of quaternary nitrogens is 1. The fourth-order valence-electron chi connectivity index (χ4n) is 3.35. The van der Waals surface area contributed by atoms with Crippen LogP contribution in [0.5, 0.6) is 0 Å². The molecule has 0 saturated heterocycles. The molecule has 0 spiro atoms. The molecule has 2 N–H and O–H groups in total. The third-order valence-electron chi connectivity index (χ3n) is 4.74. The molecule has 0 aliphatic carbocycles. The van der Waals surface area contributed by atoms with Gasteiger partial charge in [-0.05, 0) is 18.9 Å². The van der Waals surface area contributed by atoms with Crippen LogP contribution in [0, 0.1) is 0 Å². The van der Waals surface area contributed by atoms with Crippen LogP contribution >= 0.6 is 0 Å². The smallest absolute Gasteiger partial charge is 0.359 e. The zero-order valence-corrected chi connectivity index (χ0v) is 17.2. The van der Waals surface area contributed by atoms with Gasteiger partial charge in [0.05, 0.1) is 12.2 Å². The van der Waals surface area contributed by atoms with Gasteiger partial charge in [0, 0.05) is 0 Å². The number of hydrogen-bond acceptors (Lipinski definition) is 4. The van der Waals surface area contributed by atoms with E-state index in [1.165, 1.54) is 57.6 Å². The molecule has 0 rings (SSSR count). The summed E-state index contributed by atoms with van der Waals surface area (Å²) in [5, 5.41) is 29.0. The minimum Gasteiger partial charge on any atom is -0.544 e. The molecule has 28 heavy (non-hydrogen) atoms. The van der Waals surface area contributed by atoms with Gasteiger partial charge in [0.15, 0.2) is 13.1 Å². The number of nitrogens with zero attached hydrogens (tertiary/aromatic N) is 1. The molecular formula is C21H37NO6. The van der Waals surface area contributed by atoms with E-state index in [2.05, 4.69) is 6.92 Å². The van der Waals surface area contributed by atoms with Crippen LogP contribution in [-0.2, 0) is 14.4 Å². The largest absolute Gasteiger partial charge is 0.544 e. The summed E-state index contributed by atoms with van der Waals surface area (Å²) in [6.45, 7) is 0.341. The average molecular weight is 400 g/mol. The second-order valence-corrected chi connectivity index (χ2v) is 7.56. The summed E-state index contributed by atoms with van der Waals surface area (Å²) in [6, 6.07) is 0. The zero-order valence-electron chi connectivity index (χ0n) is 17.2. The summed E-state index contributed by atoms with van der Waals surface area (Å²) in [5.74, 6) is -3.97. The zero-order chi connectivity index (χ0) is 21.3. The molecule has 0 heterocycles. The summed E-state index contributed by atoms with van der Waals surface area (Å²) in [4.78, 5) is 33.1. The Kier molecular flexibility index (Phi) is 15.0. The summed E-state index contributed by atoms with van der Waals surface area (Å²) >= 11 is 0. The number of carboxylic acids is 3. The second kappa shape index (κ2) is 16.1. The van der Waals surface area contributed by atoms with Crippen molar-refractivity contribution in [2.45, 2.75) is 84.0 Å². The van der Waals surface area contributed by atoms with Gasteiger partial charge in [-0.25, -0.2) is 9.59 Å². The van der Waals surface area contributed by atoms with Gasteiger partial charge < -0.3 is 20.1 Å². The third kappa shape index (κ3) is 15.2. The van der Waals surface area contributed by atoms with Gasteiger partial charge in [0.2, 0.25) is 0 Å². The molecule has 0 saturated carbocycles. The van der Waals surface area contributed by atoms with Crippen LogP contribution in [0.1, 0.15) is 84.0 Å². The quantitative estimate of drug-likeness (QED) is 0.255. The van der Waals surface area contributed by atoms with E-state index in [4.69, 9.17) is 10.2 Å². The highest BCUT2D eigenvalue weighted by atomic mass is 16.4. The second-order valence-electron chi connectivity index (χ2n) is 7.56. The number of unbranched alkanes of at least 4 members (excludes halogenated alkanes) is 11. The van der Waals surface area contributed by atoms with Crippen molar-refractivity contribution in [1.29, 1.82) is 0 Å². The Hall–Kier alpha value is -1.89. The van der Waals surface area contributed by atoms with Crippen LogP contribution < -0.4 is 5.11 Å². The highest BCUT2D eigenvalue weighted by molar-refractivity contribution is 5.72. The summed E-state index contributed by atoms with van der Waals surface area (Å²) in [6.07, 6.45) is 17.2. The minimum atomic E-state index is -1.47. The predicted molar refractivity (Wildman–Crippen MR) is 105 cm³/mol. The van der Waals surface area contributed by atoms with Crippen molar-refractivity contribution >= 4 is 17.9 Å². The van der Waals surface area contributed by atoms with E-state index in [-0.39, 0.29) is 0 Å². The Labute approximate surface area is 168 Å². The molecule has 7 heteroatoms.